The Morgan fingerprint density at radius 2 is 2.20 bits per heavy atom. The third-order valence-corrected chi connectivity index (χ3v) is 1.36. The minimum Gasteiger partial charge on any atom is -0.230 e. The van der Waals surface area contributed by atoms with Crippen LogP contribution in [0.1, 0.15) is 26.1 Å². The van der Waals surface area contributed by atoms with Crippen LogP contribution in [0.5, 0.6) is 0 Å². The number of aromatic nitrogens is 4. The topological polar surface area (TPSA) is 43.6 Å². The second-order valence-electron chi connectivity index (χ2n) is 2.17. The van der Waals surface area contributed by atoms with Gasteiger partial charge in [0.2, 0.25) is 0 Å². The largest absolute Gasteiger partial charge is 0.230 e. The normalized spacial score (nSPS) is 10.2. The SMILES string of the molecule is CCCn1nnnc1CC. The van der Waals surface area contributed by atoms with Gasteiger partial charge in [-0.15, -0.1) is 5.10 Å². The van der Waals surface area contributed by atoms with Crippen LogP contribution < -0.4 is 0 Å². The highest BCUT2D eigenvalue weighted by molar-refractivity contribution is 4.77. The van der Waals surface area contributed by atoms with Crippen LogP contribution in [0.3, 0.4) is 0 Å². The number of tetrazole rings is 1. The van der Waals surface area contributed by atoms with Gasteiger partial charge < -0.3 is 0 Å². The Kier molecular flexibility index (Phi) is 2.36. The molecular formula is C6H12N4. The molecule has 0 aliphatic heterocycles. The molecule has 56 valence electrons. The molecule has 0 saturated carbocycles. The Labute approximate surface area is 60.2 Å². The molecule has 0 aliphatic rings. The second kappa shape index (κ2) is 3.29. The Balaban J connectivity index is 2.70. The van der Waals surface area contributed by atoms with Gasteiger partial charge in [0, 0.05) is 13.0 Å². The van der Waals surface area contributed by atoms with E-state index in [-0.39, 0.29) is 0 Å². The Bertz CT molecular complexity index is 193. The zero-order valence-corrected chi connectivity index (χ0v) is 6.41. The summed E-state index contributed by atoms with van der Waals surface area (Å²) in [5.41, 5.74) is 0. The fourth-order valence-electron chi connectivity index (χ4n) is 0.862. The summed E-state index contributed by atoms with van der Waals surface area (Å²) < 4.78 is 1.85. The average Bonchev–Trinajstić information content (AvgIpc) is 2.36. The molecular weight excluding hydrogens is 128 g/mol. The van der Waals surface area contributed by atoms with E-state index < -0.39 is 0 Å². The van der Waals surface area contributed by atoms with Crippen molar-refractivity contribution in [2.24, 2.45) is 0 Å². The smallest absolute Gasteiger partial charge is 0.150 e. The maximum atomic E-state index is 3.86. The highest BCUT2D eigenvalue weighted by Gasteiger charge is 1.99. The molecule has 0 amide bonds. The first kappa shape index (κ1) is 7.18. The van der Waals surface area contributed by atoms with Crippen LogP contribution in [0.4, 0.5) is 0 Å². The molecule has 4 heteroatoms. The van der Waals surface area contributed by atoms with E-state index in [9.17, 15) is 0 Å². The summed E-state index contributed by atoms with van der Waals surface area (Å²) in [4.78, 5) is 0. The summed E-state index contributed by atoms with van der Waals surface area (Å²) in [6.07, 6.45) is 1.99. The van der Waals surface area contributed by atoms with Crippen LogP contribution in [0.15, 0.2) is 0 Å². The van der Waals surface area contributed by atoms with Gasteiger partial charge in [-0.2, -0.15) is 0 Å². The zero-order valence-electron chi connectivity index (χ0n) is 6.41. The molecule has 10 heavy (non-hydrogen) atoms. The lowest BCUT2D eigenvalue weighted by atomic mass is 10.4. The molecule has 0 bridgehead atoms. The molecule has 1 rings (SSSR count). The Morgan fingerprint density at radius 3 is 2.80 bits per heavy atom. The van der Waals surface area contributed by atoms with Crippen molar-refractivity contribution in [3.8, 4) is 0 Å². The minimum absolute atomic E-state index is 0.910. The molecule has 0 radical (unpaired) electrons. The van der Waals surface area contributed by atoms with Crippen molar-refractivity contribution in [1.82, 2.24) is 20.2 Å². The van der Waals surface area contributed by atoms with E-state index in [1.165, 1.54) is 0 Å². The summed E-state index contributed by atoms with van der Waals surface area (Å²) in [6.45, 7) is 5.09. The van der Waals surface area contributed by atoms with Crippen molar-refractivity contribution in [3.05, 3.63) is 5.82 Å². The molecule has 1 heterocycles. The maximum absolute atomic E-state index is 3.86. The molecule has 1 aromatic heterocycles. The molecule has 0 atom stereocenters. The lowest BCUT2D eigenvalue weighted by Gasteiger charge is -1.97. The minimum atomic E-state index is 0.910. The molecule has 0 N–H and O–H groups in total. The van der Waals surface area contributed by atoms with Gasteiger partial charge in [-0.3, -0.25) is 0 Å². The third-order valence-electron chi connectivity index (χ3n) is 1.36. The van der Waals surface area contributed by atoms with Gasteiger partial charge in [-0.25, -0.2) is 4.68 Å². The number of rotatable bonds is 3. The fourth-order valence-corrected chi connectivity index (χ4v) is 0.862. The molecule has 0 saturated heterocycles. The van der Waals surface area contributed by atoms with E-state index in [0.29, 0.717) is 0 Å². The summed E-state index contributed by atoms with van der Waals surface area (Å²) in [5.74, 6) is 0.974. The zero-order chi connectivity index (χ0) is 7.40. The maximum Gasteiger partial charge on any atom is 0.150 e. The predicted molar refractivity (Wildman–Crippen MR) is 37.5 cm³/mol. The van der Waals surface area contributed by atoms with Gasteiger partial charge in [0.05, 0.1) is 0 Å². The lowest BCUT2D eigenvalue weighted by molar-refractivity contribution is 0.557. The lowest BCUT2D eigenvalue weighted by Crippen LogP contribution is -2.03. The highest BCUT2D eigenvalue weighted by atomic mass is 15.5. The highest BCUT2D eigenvalue weighted by Crippen LogP contribution is 1.93. The Hall–Kier alpha value is -0.930. The fraction of sp³-hybridized carbons (Fsp3) is 0.833. The molecule has 4 nitrogen and oxygen atoms in total. The van der Waals surface area contributed by atoms with Crippen LogP contribution in [0, 0.1) is 0 Å². The van der Waals surface area contributed by atoms with Crippen LogP contribution in [0.25, 0.3) is 0 Å². The van der Waals surface area contributed by atoms with Gasteiger partial charge in [0.15, 0.2) is 5.82 Å². The molecule has 1 aromatic rings. The van der Waals surface area contributed by atoms with Crippen molar-refractivity contribution < 1.29 is 0 Å². The monoisotopic (exact) mass is 140 g/mol. The molecule has 0 spiro atoms. The van der Waals surface area contributed by atoms with Crippen LogP contribution in [-0.2, 0) is 13.0 Å². The van der Waals surface area contributed by atoms with Crippen molar-refractivity contribution >= 4 is 0 Å². The second-order valence-corrected chi connectivity index (χ2v) is 2.17. The van der Waals surface area contributed by atoms with Crippen molar-refractivity contribution in [2.75, 3.05) is 0 Å². The van der Waals surface area contributed by atoms with Gasteiger partial charge in [-0.1, -0.05) is 13.8 Å². The van der Waals surface area contributed by atoms with Crippen LogP contribution >= 0.6 is 0 Å². The van der Waals surface area contributed by atoms with Gasteiger partial charge in [0.1, 0.15) is 0 Å². The molecule has 0 unspecified atom stereocenters. The van der Waals surface area contributed by atoms with E-state index in [1.54, 1.807) is 0 Å². The van der Waals surface area contributed by atoms with E-state index in [0.717, 1.165) is 25.2 Å². The Morgan fingerprint density at radius 1 is 1.40 bits per heavy atom. The number of nitrogens with zero attached hydrogens (tertiary/aromatic N) is 4. The van der Waals surface area contributed by atoms with Crippen molar-refractivity contribution in [3.63, 3.8) is 0 Å². The van der Waals surface area contributed by atoms with Gasteiger partial charge in [0.25, 0.3) is 0 Å². The average molecular weight is 140 g/mol. The molecule has 0 aliphatic carbocycles. The first-order valence-corrected chi connectivity index (χ1v) is 3.63. The standard InChI is InChI=1S/C6H12N4/c1-3-5-10-6(4-2)7-8-9-10/h3-5H2,1-2H3. The van der Waals surface area contributed by atoms with E-state index in [1.807, 2.05) is 4.68 Å². The van der Waals surface area contributed by atoms with E-state index in [4.69, 9.17) is 0 Å². The first-order valence-electron chi connectivity index (χ1n) is 3.63. The molecule has 0 fully saturated rings. The van der Waals surface area contributed by atoms with E-state index >= 15 is 0 Å². The van der Waals surface area contributed by atoms with Crippen molar-refractivity contribution in [2.45, 2.75) is 33.2 Å². The summed E-state index contributed by atoms with van der Waals surface area (Å²) in [6, 6.07) is 0. The molecule has 0 aromatic carbocycles. The quantitative estimate of drug-likeness (QED) is 0.619. The van der Waals surface area contributed by atoms with E-state index in [2.05, 4.69) is 29.4 Å². The van der Waals surface area contributed by atoms with Gasteiger partial charge in [-0.05, 0) is 16.8 Å². The summed E-state index contributed by atoms with van der Waals surface area (Å²) in [7, 11) is 0. The number of hydrogen-bond acceptors (Lipinski definition) is 3. The first-order chi connectivity index (χ1) is 4.88. The van der Waals surface area contributed by atoms with Crippen LogP contribution in [-0.4, -0.2) is 20.2 Å². The van der Waals surface area contributed by atoms with Crippen molar-refractivity contribution in [1.29, 1.82) is 0 Å². The van der Waals surface area contributed by atoms with Gasteiger partial charge >= 0.3 is 0 Å². The predicted octanol–water partition coefficient (Wildman–Crippen LogP) is 0.645. The third kappa shape index (κ3) is 1.32. The number of aryl methyl sites for hydroxylation is 2. The number of hydrogen-bond donors (Lipinski definition) is 0. The summed E-state index contributed by atoms with van der Waals surface area (Å²) >= 11 is 0. The van der Waals surface area contributed by atoms with Crippen LogP contribution in [0.2, 0.25) is 0 Å². The summed E-state index contributed by atoms with van der Waals surface area (Å²) in [5, 5.41) is 11.3.